The average Bonchev–Trinajstić information content (AvgIpc) is 3.23. The molecule has 1 aliphatic heterocycles. The molecular formula is C28H26F2N4O. The van der Waals surface area contributed by atoms with Crippen molar-refractivity contribution in [2.75, 3.05) is 13.6 Å². The second-order valence-corrected chi connectivity index (χ2v) is 8.84. The Bertz CT molecular complexity index is 1340. The first-order chi connectivity index (χ1) is 17.0. The third-order valence-corrected chi connectivity index (χ3v) is 6.40. The van der Waals surface area contributed by atoms with Gasteiger partial charge >= 0.3 is 0 Å². The second kappa shape index (κ2) is 9.80. The average molecular weight is 473 g/mol. The molecule has 1 aromatic heterocycles. The number of amides is 1. The summed E-state index contributed by atoms with van der Waals surface area (Å²) in [6, 6.07) is 22.2. The van der Waals surface area contributed by atoms with E-state index in [2.05, 4.69) is 4.90 Å². The van der Waals surface area contributed by atoms with Gasteiger partial charge in [-0.05, 0) is 42.5 Å². The number of rotatable bonds is 6. The van der Waals surface area contributed by atoms with Crippen LogP contribution in [-0.2, 0) is 26.1 Å². The van der Waals surface area contributed by atoms with E-state index >= 15 is 0 Å². The molecular weight excluding hydrogens is 446 g/mol. The van der Waals surface area contributed by atoms with Crippen molar-refractivity contribution in [1.29, 1.82) is 0 Å². The summed E-state index contributed by atoms with van der Waals surface area (Å²) < 4.78 is 29.7. The van der Waals surface area contributed by atoms with Gasteiger partial charge in [-0.15, -0.1) is 0 Å². The number of hydrogen-bond donors (Lipinski definition) is 0. The maximum atomic E-state index is 14.3. The minimum atomic E-state index is -0.306. The molecule has 35 heavy (non-hydrogen) atoms. The van der Waals surface area contributed by atoms with Crippen LogP contribution in [0.2, 0.25) is 0 Å². The van der Waals surface area contributed by atoms with Crippen LogP contribution in [0.5, 0.6) is 0 Å². The van der Waals surface area contributed by atoms with E-state index in [-0.39, 0.29) is 17.5 Å². The van der Waals surface area contributed by atoms with Crippen molar-refractivity contribution < 1.29 is 13.6 Å². The van der Waals surface area contributed by atoms with E-state index in [1.807, 2.05) is 28.9 Å². The molecule has 0 atom stereocenters. The Morgan fingerprint density at radius 2 is 1.69 bits per heavy atom. The highest BCUT2D eigenvalue weighted by Crippen LogP contribution is 2.28. The fourth-order valence-corrected chi connectivity index (χ4v) is 4.56. The van der Waals surface area contributed by atoms with Crippen LogP contribution in [-0.4, -0.2) is 39.1 Å². The largest absolute Gasteiger partial charge is 0.336 e. The Morgan fingerprint density at radius 3 is 2.43 bits per heavy atom. The van der Waals surface area contributed by atoms with Gasteiger partial charge in [-0.2, -0.15) is 5.10 Å². The number of carbonyl (C=O) groups is 1. The first-order valence-electron chi connectivity index (χ1n) is 11.6. The number of fused-ring (bicyclic) bond motifs is 1. The SMILES string of the molecule is CN(Cc1nn(-c2ccc(F)cc2)c2c1CN(Cc1ccccc1F)CC2)C(=O)c1ccccc1. The highest BCUT2D eigenvalue weighted by Gasteiger charge is 2.27. The van der Waals surface area contributed by atoms with Gasteiger partial charge in [0.15, 0.2) is 0 Å². The minimum absolute atomic E-state index is 0.0882. The van der Waals surface area contributed by atoms with Crippen molar-refractivity contribution in [3.63, 3.8) is 0 Å². The van der Waals surface area contributed by atoms with Crippen molar-refractivity contribution >= 4 is 5.91 Å². The Morgan fingerprint density at radius 1 is 0.971 bits per heavy atom. The molecule has 0 radical (unpaired) electrons. The molecule has 0 bridgehead atoms. The summed E-state index contributed by atoms with van der Waals surface area (Å²) >= 11 is 0. The van der Waals surface area contributed by atoms with E-state index in [1.54, 1.807) is 48.3 Å². The van der Waals surface area contributed by atoms with Gasteiger partial charge in [0.2, 0.25) is 0 Å². The zero-order valence-corrected chi connectivity index (χ0v) is 19.5. The summed E-state index contributed by atoms with van der Waals surface area (Å²) in [5.74, 6) is -0.609. The quantitative estimate of drug-likeness (QED) is 0.397. The molecule has 178 valence electrons. The molecule has 5 rings (SSSR count). The Labute approximate surface area is 203 Å². The molecule has 0 saturated carbocycles. The van der Waals surface area contributed by atoms with Crippen LogP contribution in [0.3, 0.4) is 0 Å². The van der Waals surface area contributed by atoms with Crippen LogP contribution in [0.15, 0.2) is 78.9 Å². The topological polar surface area (TPSA) is 41.4 Å². The van der Waals surface area contributed by atoms with Crippen molar-refractivity contribution in [1.82, 2.24) is 19.6 Å². The first kappa shape index (κ1) is 22.9. The number of hydrogen-bond acceptors (Lipinski definition) is 3. The number of halogens is 2. The first-order valence-corrected chi connectivity index (χ1v) is 11.6. The predicted octanol–water partition coefficient (Wildman–Crippen LogP) is 4.98. The second-order valence-electron chi connectivity index (χ2n) is 8.84. The van der Waals surface area contributed by atoms with E-state index in [1.165, 1.54) is 18.2 Å². The van der Waals surface area contributed by atoms with Gasteiger partial charge in [0, 0.05) is 49.8 Å². The maximum absolute atomic E-state index is 14.3. The lowest BCUT2D eigenvalue weighted by Gasteiger charge is -2.28. The van der Waals surface area contributed by atoms with Crippen molar-refractivity contribution in [3.8, 4) is 5.69 Å². The van der Waals surface area contributed by atoms with Gasteiger partial charge in [0.25, 0.3) is 5.91 Å². The lowest BCUT2D eigenvalue weighted by Crippen LogP contribution is -2.32. The Balaban J connectivity index is 1.46. The molecule has 0 unspecified atom stereocenters. The maximum Gasteiger partial charge on any atom is 0.253 e. The van der Waals surface area contributed by atoms with Crippen LogP contribution >= 0.6 is 0 Å². The third kappa shape index (κ3) is 4.86. The van der Waals surface area contributed by atoms with Gasteiger partial charge in [-0.25, -0.2) is 13.5 Å². The van der Waals surface area contributed by atoms with E-state index in [4.69, 9.17) is 5.10 Å². The molecule has 1 amide bonds. The van der Waals surface area contributed by atoms with Gasteiger partial charge < -0.3 is 4.90 Å². The van der Waals surface area contributed by atoms with E-state index < -0.39 is 0 Å². The number of benzene rings is 3. The fourth-order valence-electron chi connectivity index (χ4n) is 4.56. The zero-order valence-electron chi connectivity index (χ0n) is 19.5. The monoisotopic (exact) mass is 472 g/mol. The molecule has 2 heterocycles. The van der Waals surface area contributed by atoms with Crippen LogP contribution in [0, 0.1) is 11.6 Å². The highest BCUT2D eigenvalue weighted by molar-refractivity contribution is 5.93. The van der Waals surface area contributed by atoms with Crippen molar-refractivity contribution in [3.05, 3.63) is 119 Å². The Kier molecular flexibility index (Phi) is 6.42. The molecule has 5 nitrogen and oxygen atoms in total. The summed E-state index contributed by atoms with van der Waals surface area (Å²) in [7, 11) is 1.76. The molecule has 3 aromatic carbocycles. The van der Waals surface area contributed by atoms with Crippen LogP contribution < -0.4 is 0 Å². The fraction of sp³-hybridized carbons (Fsp3) is 0.214. The highest BCUT2D eigenvalue weighted by atomic mass is 19.1. The van der Waals surface area contributed by atoms with Gasteiger partial charge in [-0.1, -0.05) is 36.4 Å². The molecule has 4 aromatic rings. The van der Waals surface area contributed by atoms with E-state index in [0.29, 0.717) is 37.2 Å². The minimum Gasteiger partial charge on any atom is -0.336 e. The predicted molar refractivity (Wildman–Crippen MR) is 130 cm³/mol. The number of carbonyl (C=O) groups excluding carboxylic acids is 1. The number of aromatic nitrogens is 2. The van der Waals surface area contributed by atoms with Gasteiger partial charge in [0.05, 0.1) is 23.6 Å². The standard InChI is InChI=1S/C28H26F2N4O/c1-32(28(35)20-7-3-2-4-8-20)19-26-24-18-33(17-21-9-5-6-10-25(21)30)16-15-27(24)34(31-26)23-13-11-22(29)12-14-23/h2-14H,15-19H2,1H3. The Hall–Kier alpha value is -3.84. The van der Waals surface area contributed by atoms with E-state index in [9.17, 15) is 13.6 Å². The normalized spacial score (nSPS) is 13.5. The molecule has 0 saturated heterocycles. The lowest BCUT2D eigenvalue weighted by atomic mass is 10.0. The van der Waals surface area contributed by atoms with Gasteiger partial charge in [-0.3, -0.25) is 9.69 Å². The smallest absolute Gasteiger partial charge is 0.253 e. The summed E-state index contributed by atoms with van der Waals surface area (Å²) in [5.41, 5.74) is 4.90. The third-order valence-electron chi connectivity index (χ3n) is 6.40. The van der Waals surface area contributed by atoms with Crippen LogP contribution in [0.1, 0.15) is 32.9 Å². The summed E-state index contributed by atoms with van der Waals surface area (Å²) in [4.78, 5) is 16.8. The number of nitrogens with zero attached hydrogens (tertiary/aromatic N) is 4. The van der Waals surface area contributed by atoms with Crippen molar-refractivity contribution in [2.45, 2.75) is 26.1 Å². The summed E-state index contributed by atoms with van der Waals surface area (Å²) in [5, 5.41) is 4.87. The molecule has 0 aliphatic carbocycles. The summed E-state index contributed by atoms with van der Waals surface area (Å²) in [6.07, 6.45) is 0.713. The van der Waals surface area contributed by atoms with E-state index in [0.717, 1.165) is 29.2 Å². The molecule has 0 N–H and O–H groups in total. The van der Waals surface area contributed by atoms with Gasteiger partial charge in [0.1, 0.15) is 11.6 Å². The van der Waals surface area contributed by atoms with Crippen molar-refractivity contribution in [2.24, 2.45) is 0 Å². The van der Waals surface area contributed by atoms with Crippen LogP contribution in [0.25, 0.3) is 5.69 Å². The molecule has 0 spiro atoms. The van der Waals surface area contributed by atoms with Crippen LogP contribution in [0.4, 0.5) is 8.78 Å². The lowest BCUT2D eigenvalue weighted by molar-refractivity contribution is 0.0782. The summed E-state index contributed by atoms with van der Waals surface area (Å²) in [6.45, 7) is 2.16. The zero-order chi connectivity index (χ0) is 24.4. The molecule has 0 fully saturated rings. The molecule has 1 aliphatic rings. The molecule has 7 heteroatoms.